The van der Waals surface area contributed by atoms with Crippen molar-refractivity contribution in [1.29, 1.82) is 0 Å². The van der Waals surface area contributed by atoms with Crippen molar-refractivity contribution in [1.82, 2.24) is 25.0 Å². The van der Waals surface area contributed by atoms with Gasteiger partial charge in [0.2, 0.25) is 0 Å². The van der Waals surface area contributed by atoms with Crippen molar-refractivity contribution in [3.05, 3.63) is 48.0 Å². The lowest BCUT2D eigenvalue weighted by Gasteiger charge is -2.30. The fourth-order valence-electron chi connectivity index (χ4n) is 4.02. The molecule has 27 heavy (non-hydrogen) atoms. The van der Waals surface area contributed by atoms with Gasteiger partial charge in [0.25, 0.3) is 5.91 Å². The van der Waals surface area contributed by atoms with Crippen molar-refractivity contribution in [2.24, 2.45) is 11.8 Å². The highest BCUT2D eigenvalue weighted by molar-refractivity contribution is 5.93. The van der Waals surface area contributed by atoms with Crippen molar-refractivity contribution in [3.63, 3.8) is 0 Å². The molecule has 2 aliphatic rings. The molecule has 0 saturated carbocycles. The van der Waals surface area contributed by atoms with Crippen molar-refractivity contribution in [3.8, 4) is 0 Å². The average molecular weight is 369 g/mol. The van der Waals surface area contributed by atoms with E-state index >= 15 is 0 Å². The molecule has 0 spiro atoms. The highest BCUT2D eigenvalue weighted by Gasteiger charge is 2.25. The number of amides is 1. The lowest BCUT2D eigenvalue weighted by molar-refractivity contribution is 0.0494. The van der Waals surface area contributed by atoms with E-state index < -0.39 is 0 Å². The fourth-order valence-corrected chi connectivity index (χ4v) is 4.02. The van der Waals surface area contributed by atoms with Crippen LogP contribution in [0.2, 0.25) is 0 Å². The van der Waals surface area contributed by atoms with E-state index in [1.165, 1.54) is 5.69 Å². The van der Waals surface area contributed by atoms with E-state index in [9.17, 15) is 4.79 Å². The Bertz CT molecular complexity index is 742. The monoisotopic (exact) mass is 369 g/mol. The largest absolute Gasteiger partial charge is 0.381 e. The molecule has 144 valence electrons. The van der Waals surface area contributed by atoms with Crippen LogP contribution in [0.3, 0.4) is 0 Å². The lowest BCUT2D eigenvalue weighted by atomic mass is 9.99. The molecule has 1 atom stereocenters. The van der Waals surface area contributed by atoms with E-state index in [2.05, 4.69) is 31.0 Å². The van der Waals surface area contributed by atoms with Crippen molar-refractivity contribution >= 4 is 5.91 Å². The molecule has 2 aromatic rings. The summed E-state index contributed by atoms with van der Waals surface area (Å²) in [6.07, 6.45) is 7.43. The van der Waals surface area contributed by atoms with E-state index in [-0.39, 0.29) is 5.91 Å². The van der Waals surface area contributed by atoms with Gasteiger partial charge in [-0.25, -0.2) is 0 Å². The van der Waals surface area contributed by atoms with Crippen LogP contribution < -0.4 is 5.32 Å². The van der Waals surface area contributed by atoms with Gasteiger partial charge in [-0.2, -0.15) is 5.10 Å². The molecule has 0 aromatic carbocycles. The van der Waals surface area contributed by atoms with Gasteiger partial charge in [-0.3, -0.25) is 19.4 Å². The molecule has 4 rings (SSSR count). The van der Waals surface area contributed by atoms with Gasteiger partial charge in [-0.1, -0.05) is 0 Å². The Morgan fingerprint density at radius 1 is 1.19 bits per heavy atom. The minimum absolute atomic E-state index is 0.0657. The highest BCUT2D eigenvalue weighted by atomic mass is 16.5. The molecule has 0 radical (unpaired) electrons. The van der Waals surface area contributed by atoms with Gasteiger partial charge in [-0.15, -0.1) is 0 Å². The summed E-state index contributed by atoms with van der Waals surface area (Å²) >= 11 is 0. The molecule has 0 bridgehead atoms. The first-order chi connectivity index (χ1) is 13.3. The number of carbonyl (C=O) groups excluding carboxylic acids is 1. The summed E-state index contributed by atoms with van der Waals surface area (Å²) in [6.45, 7) is 6.19. The molecule has 1 amide bonds. The van der Waals surface area contributed by atoms with Crippen LogP contribution in [-0.2, 0) is 17.8 Å². The molecule has 2 aliphatic heterocycles. The highest BCUT2D eigenvalue weighted by Crippen LogP contribution is 2.21. The van der Waals surface area contributed by atoms with Gasteiger partial charge in [0.15, 0.2) is 0 Å². The predicted octanol–water partition coefficient (Wildman–Crippen LogP) is 1.57. The second-order valence-corrected chi connectivity index (χ2v) is 7.57. The maximum atomic E-state index is 12.4. The van der Waals surface area contributed by atoms with Gasteiger partial charge in [-0.05, 0) is 37.0 Å². The lowest BCUT2D eigenvalue weighted by Crippen LogP contribution is -2.39. The molecule has 4 heterocycles. The molecule has 1 saturated heterocycles. The number of fused-ring (bicyclic) bond motifs is 1. The van der Waals surface area contributed by atoms with Crippen molar-refractivity contribution in [2.45, 2.75) is 25.9 Å². The third-order valence-electron chi connectivity index (χ3n) is 5.47. The average Bonchev–Trinajstić information content (AvgIpc) is 3.06. The van der Waals surface area contributed by atoms with E-state index in [1.54, 1.807) is 24.5 Å². The summed E-state index contributed by atoms with van der Waals surface area (Å²) in [5.41, 5.74) is 1.85. The van der Waals surface area contributed by atoms with Crippen molar-refractivity contribution < 1.29 is 9.53 Å². The number of pyridine rings is 1. The Kier molecular flexibility index (Phi) is 5.79. The molecule has 1 N–H and O–H groups in total. The molecule has 7 heteroatoms. The maximum absolute atomic E-state index is 12.4. The minimum Gasteiger partial charge on any atom is -0.381 e. The second-order valence-electron chi connectivity index (χ2n) is 7.57. The van der Waals surface area contributed by atoms with Gasteiger partial charge < -0.3 is 10.1 Å². The summed E-state index contributed by atoms with van der Waals surface area (Å²) in [6, 6.07) is 5.68. The zero-order valence-electron chi connectivity index (χ0n) is 15.6. The van der Waals surface area contributed by atoms with Gasteiger partial charge in [0.1, 0.15) is 0 Å². The summed E-state index contributed by atoms with van der Waals surface area (Å²) in [5.74, 6) is 0.953. The van der Waals surface area contributed by atoms with Gasteiger partial charge >= 0.3 is 0 Å². The summed E-state index contributed by atoms with van der Waals surface area (Å²) in [7, 11) is 0. The zero-order valence-corrected chi connectivity index (χ0v) is 15.6. The number of hydrogen-bond acceptors (Lipinski definition) is 5. The van der Waals surface area contributed by atoms with Crippen LogP contribution in [0.25, 0.3) is 0 Å². The Hall–Kier alpha value is -2.25. The number of ether oxygens (including phenoxy) is 1. The van der Waals surface area contributed by atoms with Crippen LogP contribution in [0.4, 0.5) is 0 Å². The number of rotatable bonds is 5. The van der Waals surface area contributed by atoms with Gasteiger partial charge in [0.05, 0.1) is 11.3 Å². The number of aromatic nitrogens is 3. The molecular formula is C20H27N5O2. The molecule has 2 aromatic heterocycles. The van der Waals surface area contributed by atoms with Crippen LogP contribution in [0.1, 0.15) is 28.9 Å². The third-order valence-corrected chi connectivity index (χ3v) is 5.47. The number of nitrogens with one attached hydrogen (secondary N) is 1. The maximum Gasteiger partial charge on any atom is 0.252 e. The first kappa shape index (κ1) is 18.1. The van der Waals surface area contributed by atoms with Crippen LogP contribution in [0.15, 0.2) is 36.8 Å². The number of nitrogens with zero attached hydrogens (tertiary/aromatic N) is 4. The molecule has 7 nitrogen and oxygen atoms in total. The topological polar surface area (TPSA) is 72.3 Å². The fraction of sp³-hybridized carbons (Fsp3) is 0.550. The second kappa shape index (κ2) is 8.63. The molecule has 0 aliphatic carbocycles. The van der Waals surface area contributed by atoms with E-state index in [0.717, 1.165) is 52.2 Å². The summed E-state index contributed by atoms with van der Waals surface area (Å²) < 4.78 is 7.59. The quantitative estimate of drug-likeness (QED) is 0.866. The SMILES string of the molecule is O=C(NC[C@H]1CN(CC2CCOCC2)Cc2ccnn2C1)c1cccnc1. The molecular weight excluding hydrogens is 342 g/mol. The Morgan fingerprint density at radius 2 is 2.07 bits per heavy atom. The van der Waals surface area contributed by atoms with Gasteiger partial charge in [0, 0.05) is 70.4 Å². The molecule has 0 unspecified atom stereocenters. The number of hydrogen-bond donors (Lipinski definition) is 1. The zero-order chi connectivity index (χ0) is 18.5. The smallest absolute Gasteiger partial charge is 0.252 e. The summed E-state index contributed by atoms with van der Waals surface area (Å²) in [5, 5.41) is 7.56. The van der Waals surface area contributed by atoms with E-state index in [0.29, 0.717) is 23.9 Å². The minimum atomic E-state index is -0.0657. The third kappa shape index (κ3) is 4.73. The normalized spacial score (nSPS) is 21.4. The Labute approximate surface area is 159 Å². The Morgan fingerprint density at radius 3 is 2.89 bits per heavy atom. The van der Waals surface area contributed by atoms with Crippen LogP contribution >= 0.6 is 0 Å². The summed E-state index contributed by atoms with van der Waals surface area (Å²) in [4.78, 5) is 18.9. The number of carbonyl (C=O) groups is 1. The molecule has 1 fully saturated rings. The Balaban J connectivity index is 1.39. The standard InChI is InChI=1S/C20H27N5O2/c26-20(18-2-1-6-21-11-18)22-10-17-13-24(12-16-4-8-27-9-5-16)15-19-3-7-23-25(19)14-17/h1-3,6-7,11,16-17H,4-5,8-10,12-15H2,(H,22,26)/t17-/m0/s1. The first-order valence-electron chi connectivity index (χ1n) is 9.77. The van der Waals surface area contributed by atoms with Crippen LogP contribution in [0, 0.1) is 11.8 Å². The van der Waals surface area contributed by atoms with E-state index in [1.807, 2.05) is 6.20 Å². The van der Waals surface area contributed by atoms with Crippen LogP contribution in [-0.4, -0.2) is 58.4 Å². The first-order valence-corrected chi connectivity index (χ1v) is 9.77. The predicted molar refractivity (Wildman–Crippen MR) is 101 cm³/mol. The van der Waals surface area contributed by atoms with Crippen molar-refractivity contribution in [2.75, 3.05) is 32.8 Å². The van der Waals surface area contributed by atoms with E-state index in [4.69, 9.17) is 4.74 Å². The van der Waals surface area contributed by atoms with Crippen LogP contribution in [0.5, 0.6) is 0 Å².